The predicted molar refractivity (Wildman–Crippen MR) is 230 cm³/mol. The molecular weight excluding hydrogens is 762 g/mol. The number of non-ortho nitro benzene ring substituents is 2. The Morgan fingerprint density at radius 3 is 1.58 bits per heavy atom. The molecule has 5 N–H and O–H groups in total. The van der Waals surface area contributed by atoms with Crippen LogP contribution >= 0.6 is 0 Å². The van der Waals surface area contributed by atoms with Crippen LogP contribution in [0.2, 0.25) is 0 Å². The molecule has 15 nitrogen and oxygen atoms in total. The molecule has 0 radical (unpaired) electrons. The SMILES string of the molecule is CN1CC=C(c2c[nH]c3ccc(N)cc23)CC1.CN1CC=C(c2c[nH]c3ccc([N+](=O)[O-])cc23)CC1.CN1CCC(=O)CC1.C[O-].O=[N+]([O-])c1ccc2[nH]ccc2c1.[Na+]. The predicted octanol–water partition coefficient (Wildman–Crippen LogP) is 3.60. The van der Waals surface area contributed by atoms with Crippen molar-refractivity contribution in [3.63, 3.8) is 0 Å². The van der Waals surface area contributed by atoms with Gasteiger partial charge in [-0.05, 0) is 81.5 Å². The third kappa shape index (κ3) is 12.7. The summed E-state index contributed by atoms with van der Waals surface area (Å²) in [7, 11) is 7.04. The monoisotopic (exact) mass is 813 g/mol. The zero-order chi connectivity index (χ0) is 41.8. The molecule has 6 heterocycles. The van der Waals surface area contributed by atoms with Gasteiger partial charge in [0.1, 0.15) is 5.78 Å². The number of rotatable bonds is 4. The fourth-order valence-corrected chi connectivity index (χ4v) is 6.94. The number of hydrogen-bond donors (Lipinski definition) is 4. The van der Waals surface area contributed by atoms with Gasteiger partial charge >= 0.3 is 29.6 Å². The Labute approximate surface area is 365 Å². The van der Waals surface area contributed by atoms with E-state index in [2.05, 4.69) is 68.2 Å². The number of nitrogens with two attached hydrogens (primary N) is 1. The Morgan fingerprint density at radius 2 is 1.08 bits per heavy atom. The molecule has 6 aromatic rings. The molecule has 16 heteroatoms. The van der Waals surface area contributed by atoms with Gasteiger partial charge < -0.3 is 40.5 Å². The van der Waals surface area contributed by atoms with Gasteiger partial charge in [-0.1, -0.05) is 12.2 Å². The van der Waals surface area contributed by atoms with Crippen molar-refractivity contribution in [2.24, 2.45) is 0 Å². The van der Waals surface area contributed by atoms with Crippen LogP contribution < -0.4 is 40.4 Å². The third-order valence-corrected chi connectivity index (χ3v) is 10.4. The number of aromatic nitrogens is 3. The third-order valence-electron chi connectivity index (χ3n) is 10.4. The van der Waals surface area contributed by atoms with E-state index in [9.17, 15) is 25.0 Å². The summed E-state index contributed by atoms with van der Waals surface area (Å²) in [5.74, 6) is 0.420. The number of hydrogen-bond acceptors (Lipinski definition) is 10. The minimum atomic E-state index is -0.396. The van der Waals surface area contributed by atoms with Gasteiger partial charge in [0.15, 0.2) is 0 Å². The van der Waals surface area contributed by atoms with Crippen molar-refractivity contribution in [1.29, 1.82) is 0 Å². The number of fused-ring (bicyclic) bond motifs is 3. The molecule has 1 saturated heterocycles. The molecule has 306 valence electrons. The van der Waals surface area contributed by atoms with Crippen molar-refractivity contribution >= 4 is 66.7 Å². The van der Waals surface area contributed by atoms with Gasteiger partial charge in [0.05, 0.1) is 9.85 Å². The summed E-state index contributed by atoms with van der Waals surface area (Å²) in [4.78, 5) is 47.3. The molecule has 1 fully saturated rings. The van der Waals surface area contributed by atoms with Crippen LogP contribution in [0.4, 0.5) is 17.1 Å². The van der Waals surface area contributed by atoms with E-state index in [-0.39, 0.29) is 45.9 Å². The van der Waals surface area contributed by atoms with Crippen molar-refractivity contribution in [2.75, 3.05) is 73.3 Å². The fraction of sp³-hybridized carbons (Fsp3) is 0.326. The van der Waals surface area contributed by atoms with Gasteiger partial charge in [0, 0.05) is 144 Å². The maximum Gasteiger partial charge on any atom is 1.00 e. The Morgan fingerprint density at radius 1 is 0.610 bits per heavy atom. The Bertz CT molecular complexity index is 2410. The van der Waals surface area contributed by atoms with E-state index in [0.717, 1.165) is 111 Å². The summed E-state index contributed by atoms with van der Waals surface area (Å²) in [6, 6.07) is 17.5. The number of nitrogens with one attached hydrogen (secondary N) is 3. The van der Waals surface area contributed by atoms with E-state index >= 15 is 0 Å². The van der Waals surface area contributed by atoms with Gasteiger partial charge in [0.2, 0.25) is 0 Å². The number of likely N-dealkylation sites (tertiary alicyclic amines) is 1. The summed E-state index contributed by atoms with van der Waals surface area (Å²) in [5.41, 5.74) is 15.1. The second-order valence-electron chi connectivity index (χ2n) is 14.5. The number of ketones is 1. The summed E-state index contributed by atoms with van der Waals surface area (Å²) in [6.07, 6.45) is 13.9. The maximum absolute atomic E-state index is 10.9. The number of nitro groups is 2. The summed E-state index contributed by atoms with van der Waals surface area (Å²) in [6.45, 7) is 6.02. The van der Waals surface area contributed by atoms with Crippen molar-refractivity contribution in [3.8, 4) is 0 Å². The molecule has 3 aliphatic heterocycles. The number of anilines is 1. The second kappa shape index (κ2) is 22.3. The van der Waals surface area contributed by atoms with Gasteiger partial charge in [-0.15, -0.1) is 0 Å². The minimum absolute atomic E-state index is 0. The number of piperidine rings is 1. The topological polar surface area (TPSA) is 210 Å². The Balaban J connectivity index is 0.000000177. The van der Waals surface area contributed by atoms with Crippen molar-refractivity contribution in [2.45, 2.75) is 25.7 Å². The van der Waals surface area contributed by atoms with Crippen LogP contribution in [0.5, 0.6) is 0 Å². The van der Waals surface area contributed by atoms with Gasteiger partial charge in [0.25, 0.3) is 11.4 Å². The molecule has 0 bridgehead atoms. The molecule has 0 aliphatic carbocycles. The van der Waals surface area contributed by atoms with E-state index < -0.39 is 4.92 Å². The molecule has 0 saturated carbocycles. The van der Waals surface area contributed by atoms with Gasteiger partial charge in [-0.25, -0.2) is 0 Å². The first kappa shape index (κ1) is 46.6. The van der Waals surface area contributed by atoms with Crippen LogP contribution in [0, 0.1) is 20.2 Å². The number of carbonyl (C=O) groups excluding carboxylic acids is 1. The number of likely N-dealkylation sites (N-methyl/N-ethyl adjacent to an activating group) is 2. The quantitative estimate of drug-likeness (QED) is 0.0880. The van der Waals surface area contributed by atoms with E-state index in [4.69, 9.17) is 10.8 Å². The van der Waals surface area contributed by atoms with E-state index in [1.165, 1.54) is 34.2 Å². The normalized spacial score (nSPS) is 15.8. The molecule has 0 amide bonds. The van der Waals surface area contributed by atoms with Crippen LogP contribution in [0.3, 0.4) is 0 Å². The van der Waals surface area contributed by atoms with Crippen molar-refractivity contribution in [3.05, 3.63) is 123 Å². The van der Waals surface area contributed by atoms with E-state index in [0.29, 0.717) is 5.78 Å². The number of benzene rings is 3. The zero-order valence-electron chi connectivity index (χ0n) is 34.5. The number of H-pyrrole nitrogens is 3. The summed E-state index contributed by atoms with van der Waals surface area (Å²) < 4.78 is 0. The van der Waals surface area contributed by atoms with Crippen molar-refractivity contribution < 1.29 is 49.3 Å². The largest absolute Gasteiger partial charge is 1.00 e. The van der Waals surface area contributed by atoms with Crippen LogP contribution in [0.15, 0.2) is 91.4 Å². The first-order chi connectivity index (χ1) is 27.9. The molecule has 9 rings (SSSR count). The number of carbonyl (C=O) groups is 1. The summed E-state index contributed by atoms with van der Waals surface area (Å²) in [5, 5.41) is 32.5. The van der Waals surface area contributed by atoms with Crippen molar-refractivity contribution in [1.82, 2.24) is 29.7 Å². The zero-order valence-corrected chi connectivity index (χ0v) is 36.5. The molecule has 0 unspecified atom stereocenters. The van der Waals surface area contributed by atoms with Crippen LogP contribution in [-0.2, 0) is 4.79 Å². The molecule has 0 spiro atoms. The maximum atomic E-state index is 10.9. The fourth-order valence-electron chi connectivity index (χ4n) is 6.94. The van der Waals surface area contributed by atoms with E-state index in [1.807, 2.05) is 31.4 Å². The van der Waals surface area contributed by atoms with E-state index in [1.54, 1.807) is 30.5 Å². The second-order valence-corrected chi connectivity index (χ2v) is 14.5. The number of nitrogens with zero attached hydrogens (tertiary/aromatic N) is 5. The standard InChI is InChI=1S/C14H15N3O2.C14H17N3.C8H6N2O2.C6H11NO.CH3O.Na/c1-16-6-4-10(5-7-16)13-9-15-14-3-2-11(17(18)19)8-12(13)14;1-17-6-4-10(5-7-17)13-9-16-14-3-2-11(15)8-12(13)14;11-10(12)7-1-2-8-6(5-7)3-4-9-8;1-7-4-2-6(8)3-5-7;1-2;/h2-4,8-9,15H,5-7H2,1H3;2-4,8-9,16H,5-7,15H2,1H3;1-5,9H;2-5H2,1H3;1H3;/q;;;;-1;+1. The number of nitro benzene ring substituents is 2. The summed E-state index contributed by atoms with van der Waals surface area (Å²) >= 11 is 0. The number of Topliss-reactive ketones (excluding diaryl/α,β-unsaturated/α-hetero) is 1. The van der Waals surface area contributed by atoms with Crippen LogP contribution in [0.25, 0.3) is 43.9 Å². The minimum Gasteiger partial charge on any atom is -0.857 e. The average Bonchev–Trinajstić information content (AvgIpc) is 3.99. The molecule has 0 atom stereocenters. The Hall–Kier alpha value is -5.13. The molecule has 59 heavy (non-hydrogen) atoms. The molecule has 3 aromatic carbocycles. The van der Waals surface area contributed by atoms with Gasteiger partial charge in [-0.2, -0.15) is 7.11 Å². The number of nitrogen functional groups attached to an aromatic ring is 1. The molecule has 3 aromatic heterocycles. The average molecular weight is 814 g/mol. The van der Waals surface area contributed by atoms with Crippen LogP contribution in [0.1, 0.15) is 36.8 Å². The first-order valence-electron chi connectivity index (χ1n) is 19.2. The Kier molecular flexibility index (Phi) is 17.6. The molecular formula is C43H52N9NaO6. The van der Waals surface area contributed by atoms with Gasteiger partial charge in [-0.3, -0.25) is 25.0 Å². The smallest absolute Gasteiger partial charge is 0.857 e. The van der Waals surface area contributed by atoms with Crippen LogP contribution in [-0.4, -0.2) is 113 Å². The first-order valence-corrected chi connectivity index (χ1v) is 19.2. The number of aromatic amines is 3. The molecule has 3 aliphatic rings.